The highest BCUT2D eigenvalue weighted by Crippen LogP contribution is 2.32. The normalized spacial score (nSPS) is 16.5. The molecule has 112 valence electrons. The predicted octanol–water partition coefficient (Wildman–Crippen LogP) is 1.11. The molecule has 1 aliphatic rings. The molecule has 21 heavy (non-hydrogen) atoms. The number of aromatic nitrogens is 3. The van der Waals surface area contributed by atoms with Gasteiger partial charge in [0.25, 0.3) is 0 Å². The molecule has 3 heterocycles. The van der Waals surface area contributed by atoms with E-state index in [9.17, 15) is 4.79 Å². The number of Topliss-reactive ketones (excluding diaryl/α,β-unsaturated/α-hetero) is 1. The molecule has 2 aromatic rings. The minimum Gasteiger partial charge on any atom is -0.382 e. The maximum absolute atomic E-state index is 12.0. The van der Waals surface area contributed by atoms with Gasteiger partial charge in [0.1, 0.15) is 11.8 Å². The number of nitrogen functional groups attached to an aromatic ring is 1. The van der Waals surface area contributed by atoms with Gasteiger partial charge in [0, 0.05) is 19.6 Å². The maximum atomic E-state index is 12.0. The first-order valence-corrected chi connectivity index (χ1v) is 7.49. The van der Waals surface area contributed by atoms with Crippen molar-refractivity contribution < 1.29 is 9.53 Å². The molecule has 0 spiro atoms. The highest BCUT2D eigenvalue weighted by Gasteiger charge is 2.24. The Morgan fingerprint density at radius 1 is 1.48 bits per heavy atom. The molecule has 0 aromatic carbocycles. The van der Waals surface area contributed by atoms with Crippen LogP contribution in [0.15, 0.2) is 10.8 Å². The van der Waals surface area contributed by atoms with Crippen LogP contribution in [0.25, 0.3) is 5.52 Å². The van der Waals surface area contributed by atoms with E-state index in [2.05, 4.69) is 30.9 Å². The molecule has 0 radical (unpaired) electrons. The summed E-state index contributed by atoms with van der Waals surface area (Å²) in [6, 6.07) is 0. The molecular weight excluding hydrogens is 338 g/mol. The Kier molecular flexibility index (Phi) is 3.92. The molecule has 7 nitrogen and oxygen atoms in total. The number of fused-ring (bicyclic) bond motifs is 1. The van der Waals surface area contributed by atoms with Crippen LogP contribution in [0.4, 0.5) is 5.82 Å². The minimum atomic E-state index is -0.0185. The Bertz CT molecular complexity index is 693. The van der Waals surface area contributed by atoms with Crippen molar-refractivity contribution in [3.8, 4) is 0 Å². The van der Waals surface area contributed by atoms with Crippen LogP contribution in [0.3, 0.4) is 0 Å². The molecule has 1 aliphatic heterocycles. The molecule has 2 aromatic heterocycles. The molecule has 0 amide bonds. The van der Waals surface area contributed by atoms with Crippen molar-refractivity contribution in [1.29, 1.82) is 0 Å². The first-order chi connectivity index (χ1) is 10.1. The van der Waals surface area contributed by atoms with Gasteiger partial charge < -0.3 is 10.5 Å². The van der Waals surface area contributed by atoms with Gasteiger partial charge in [0.05, 0.1) is 28.9 Å². The first-order valence-electron chi connectivity index (χ1n) is 6.70. The SMILES string of the molecule is CC(=O)c1c(Br)c2c(N)ncnn2c1CN1CCOCC1. The quantitative estimate of drug-likeness (QED) is 0.831. The molecular formula is C13H16BrN5O2. The van der Waals surface area contributed by atoms with Gasteiger partial charge in [-0.1, -0.05) is 0 Å². The number of hydrogen-bond donors (Lipinski definition) is 1. The van der Waals surface area contributed by atoms with Crippen molar-refractivity contribution in [1.82, 2.24) is 19.5 Å². The Balaban J connectivity index is 2.12. The predicted molar refractivity (Wildman–Crippen MR) is 81.2 cm³/mol. The first kappa shape index (κ1) is 14.4. The molecule has 8 heteroatoms. The summed E-state index contributed by atoms with van der Waals surface area (Å²) in [5, 5.41) is 4.26. The van der Waals surface area contributed by atoms with E-state index in [0.717, 1.165) is 18.8 Å². The average molecular weight is 354 g/mol. The summed E-state index contributed by atoms with van der Waals surface area (Å²) in [4.78, 5) is 18.3. The zero-order chi connectivity index (χ0) is 15.0. The Morgan fingerprint density at radius 3 is 2.86 bits per heavy atom. The third-order valence-corrected chi connectivity index (χ3v) is 4.39. The number of morpholine rings is 1. The Hall–Kier alpha value is -1.51. The van der Waals surface area contributed by atoms with Crippen LogP contribution in [0, 0.1) is 0 Å². The van der Waals surface area contributed by atoms with Gasteiger partial charge in [-0.2, -0.15) is 5.10 Å². The van der Waals surface area contributed by atoms with Gasteiger partial charge in [-0.05, 0) is 22.9 Å². The van der Waals surface area contributed by atoms with E-state index in [1.165, 1.54) is 6.33 Å². The van der Waals surface area contributed by atoms with Crippen LogP contribution in [0.1, 0.15) is 23.0 Å². The molecule has 0 aliphatic carbocycles. The number of anilines is 1. The summed E-state index contributed by atoms with van der Waals surface area (Å²) >= 11 is 3.47. The molecule has 1 fully saturated rings. The molecule has 0 bridgehead atoms. The number of halogens is 1. The number of nitrogens with zero attached hydrogens (tertiary/aromatic N) is 4. The summed E-state index contributed by atoms with van der Waals surface area (Å²) < 4.78 is 7.73. The fourth-order valence-corrected chi connectivity index (χ4v) is 3.48. The third-order valence-electron chi connectivity index (χ3n) is 3.62. The molecule has 0 atom stereocenters. The highest BCUT2D eigenvalue weighted by atomic mass is 79.9. The van der Waals surface area contributed by atoms with E-state index in [1.807, 2.05) is 0 Å². The Labute approximate surface area is 130 Å². The molecule has 0 saturated carbocycles. The van der Waals surface area contributed by atoms with Crippen LogP contribution in [0.5, 0.6) is 0 Å². The van der Waals surface area contributed by atoms with Crippen LogP contribution in [-0.2, 0) is 11.3 Å². The summed E-state index contributed by atoms with van der Waals surface area (Å²) in [7, 11) is 0. The van der Waals surface area contributed by atoms with Crippen molar-refractivity contribution in [3.63, 3.8) is 0 Å². The summed E-state index contributed by atoms with van der Waals surface area (Å²) in [6.07, 6.45) is 1.40. The zero-order valence-corrected chi connectivity index (χ0v) is 13.3. The summed E-state index contributed by atoms with van der Waals surface area (Å²) in [6.45, 7) is 5.26. The van der Waals surface area contributed by atoms with Gasteiger partial charge in [-0.25, -0.2) is 9.50 Å². The molecule has 1 saturated heterocycles. The number of ketones is 1. The van der Waals surface area contributed by atoms with Crippen LogP contribution in [-0.4, -0.2) is 51.6 Å². The second-order valence-electron chi connectivity index (χ2n) is 4.99. The fraction of sp³-hybridized carbons (Fsp3) is 0.462. The van der Waals surface area contributed by atoms with Crippen LogP contribution >= 0.6 is 15.9 Å². The van der Waals surface area contributed by atoms with Crippen LogP contribution < -0.4 is 5.73 Å². The number of nitrogens with two attached hydrogens (primary N) is 1. The smallest absolute Gasteiger partial charge is 0.162 e. The van der Waals surface area contributed by atoms with Crippen molar-refractivity contribution in [2.45, 2.75) is 13.5 Å². The van der Waals surface area contributed by atoms with E-state index in [1.54, 1.807) is 11.4 Å². The van der Waals surface area contributed by atoms with E-state index < -0.39 is 0 Å². The van der Waals surface area contributed by atoms with E-state index in [4.69, 9.17) is 10.5 Å². The van der Waals surface area contributed by atoms with E-state index in [0.29, 0.717) is 41.1 Å². The monoisotopic (exact) mass is 353 g/mol. The van der Waals surface area contributed by atoms with E-state index in [-0.39, 0.29) is 5.78 Å². The van der Waals surface area contributed by atoms with Gasteiger partial charge in [-0.3, -0.25) is 9.69 Å². The standard InChI is InChI=1S/C13H16BrN5O2/c1-8(20)10-9(6-18-2-4-21-5-3-18)19-12(11(10)14)13(15)16-7-17-19/h7H,2-6H2,1H3,(H2,15,16,17). The van der Waals surface area contributed by atoms with Crippen molar-refractivity contribution in [2.75, 3.05) is 32.0 Å². The maximum Gasteiger partial charge on any atom is 0.162 e. The highest BCUT2D eigenvalue weighted by molar-refractivity contribution is 9.10. The second kappa shape index (κ2) is 5.70. The van der Waals surface area contributed by atoms with E-state index >= 15 is 0 Å². The summed E-state index contributed by atoms with van der Waals surface area (Å²) in [5.41, 5.74) is 8.02. The topological polar surface area (TPSA) is 85.8 Å². The fourth-order valence-electron chi connectivity index (χ4n) is 2.60. The molecule has 3 rings (SSSR count). The van der Waals surface area contributed by atoms with Crippen LogP contribution in [0.2, 0.25) is 0 Å². The van der Waals surface area contributed by atoms with Crippen molar-refractivity contribution in [2.24, 2.45) is 0 Å². The van der Waals surface area contributed by atoms with Gasteiger partial charge >= 0.3 is 0 Å². The largest absolute Gasteiger partial charge is 0.382 e. The van der Waals surface area contributed by atoms with Crippen molar-refractivity contribution in [3.05, 3.63) is 22.1 Å². The number of carbonyl (C=O) groups excluding carboxylic acids is 1. The number of carbonyl (C=O) groups is 1. The Morgan fingerprint density at radius 2 is 2.19 bits per heavy atom. The number of rotatable bonds is 3. The molecule has 0 unspecified atom stereocenters. The zero-order valence-electron chi connectivity index (χ0n) is 11.7. The average Bonchev–Trinajstić information content (AvgIpc) is 2.74. The summed E-state index contributed by atoms with van der Waals surface area (Å²) in [5.74, 6) is 0.336. The van der Waals surface area contributed by atoms with Gasteiger partial charge in [0.2, 0.25) is 0 Å². The number of ether oxygens (including phenoxy) is 1. The number of hydrogen-bond acceptors (Lipinski definition) is 6. The second-order valence-corrected chi connectivity index (χ2v) is 5.78. The lowest BCUT2D eigenvalue weighted by Crippen LogP contribution is -2.36. The minimum absolute atomic E-state index is 0.0185. The third kappa shape index (κ3) is 2.54. The lowest BCUT2D eigenvalue weighted by molar-refractivity contribution is 0.0333. The van der Waals surface area contributed by atoms with Crippen molar-refractivity contribution >= 4 is 33.0 Å². The van der Waals surface area contributed by atoms with Gasteiger partial charge in [0.15, 0.2) is 11.6 Å². The molecule has 2 N–H and O–H groups in total. The lowest BCUT2D eigenvalue weighted by atomic mass is 10.1. The van der Waals surface area contributed by atoms with Gasteiger partial charge in [-0.15, -0.1) is 0 Å². The lowest BCUT2D eigenvalue weighted by Gasteiger charge is -2.26.